The first kappa shape index (κ1) is 28.7. The van der Waals surface area contributed by atoms with Crippen molar-refractivity contribution in [2.45, 2.75) is 142 Å². The van der Waals surface area contributed by atoms with E-state index >= 15 is 0 Å². The van der Waals surface area contributed by atoms with Crippen molar-refractivity contribution in [2.24, 2.45) is 0 Å². The van der Waals surface area contributed by atoms with Crippen LogP contribution in [0.1, 0.15) is 142 Å². The van der Waals surface area contributed by atoms with E-state index in [1.54, 1.807) is 0 Å². The third-order valence-electron chi connectivity index (χ3n) is 5.42. The highest BCUT2D eigenvalue weighted by atomic mass is 16.6. The van der Waals surface area contributed by atoms with Crippen LogP contribution >= 0.6 is 0 Å². The van der Waals surface area contributed by atoms with Crippen molar-refractivity contribution in [3.63, 3.8) is 0 Å². The Kier molecular flexibility index (Phi) is 22.9. The van der Waals surface area contributed by atoms with E-state index in [4.69, 9.17) is 9.47 Å². The van der Waals surface area contributed by atoms with Gasteiger partial charge in [-0.2, -0.15) is 0 Å². The average Bonchev–Trinajstić information content (AvgIpc) is 2.74. The summed E-state index contributed by atoms with van der Waals surface area (Å²) >= 11 is 0. The number of hydrogen-bond donors (Lipinski definition) is 0. The zero-order valence-electron chi connectivity index (χ0n) is 19.9. The van der Waals surface area contributed by atoms with Crippen molar-refractivity contribution >= 4 is 11.9 Å². The van der Waals surface area contributed by atoms with Gasteiger partial charge in [-0.05, 0) is 12.8 Å². The van der Waals surface area contributed by atoms with Gasteiger partial charge in [-0.25, -0.2) is 0 Å². The van der Waals surface area contributed by atoms with Crippen LogP contribution in [0.15, 0.2) is 12.5 Å². The van der Waals surface area contributed by atoms with Gasteiger partial charge in [0, 0.05) is 12.8 Å². The Morgan fingerprint density at radius 2 is 0.733 bits per heavy atom. The Morgan fingerprint density at radius 1 is 0.467 bits per heavy atom. The normalized spacial score (nSPS) is 11.1. The molecule has 4 heteroatoms. The van der Waals surface area contributed by atoms with E-state index in [0.29, 0.717) is 12.8 Å². The molecule has 0 aromatic rings. The fourth-order valence-electron chi connectivity index (χ4n) is 3.49. The molecule has 0 atom stereocenters. The number of carbonyl (C=O) groups excluding carboxylic acids is 2. The van der Waals surface area contributed by atoms with Crippen LogP contribution in [-0.2, 0) is 19.1 Å². The monoisotopic (exact) mass is 424 g/mol. The zero-order valence-corrected chi connectivity index (χ0v) is 19.9. The third kappa shape index (κ3) is 23.0. The van der Waals surface area contributed by atoms with E-state index in [0.717, 1.165) is 25.7 Å². The highest BCUT2D eigenvalue weighted by molar-refractivity contribution is 5.70. The number of unbranched alkanes of at least 4 members (excludes halogenated alkanes) is 16. The summed E-state index contributed by atoms with van der Waals surface area (Å²) in [6, 6.07) is 0. The van der Waals surface area contributed by atoms with Gasteiger partial charge in [-0.15, -0.1) is 0 Å². The molecule has 176 valence electrons. The Hall–Kier alpha value is -1.32. The van der Waals surface area contributed by atoms with Crippen molar-refractivity contribution < 1.29 is 19.1 Å². The first-order chi connectivity index (χ1) is 14.7. The van der Waals surface area contributed by atoms with Crippen LogP contribution < -0.4 is 0 Å². The number of hydrogen-bond acceptors (Lipinski definition) is 4. The Morgan fingerprint density at radius 3 is 1.03 bits per heavy atom. The number of carbonyl (C=O) groups is 2. The van der Waals surface area contributed by atoms with Crippen molar-refractivity contribution in [3.05, 3.63) is 12.5 Å². The summed E-state index contributed by atoms with van der Waals surface area (Å²) in [5.74, 6) is -0.520. The molecular weight excluding hydrogens is 376 g/mol. The van der Waals surface area contributed by atoms with Crippen LogP contribution in [0, 0.1) is 0 Å². The summed E-state index contributed by atoms with van der Waals surface area (Å²) < 4.78 is 9.93. The molecule has 0 rings (SSSR count). The molecule has 0 fully saturated rings. The maximum absolute atomic E-state index is 11.6. The van der Waals surface area contributed by atoms with Gasteiger partial charge in [-0.3, -0.25) is 9.59 Å². The molecule has 4 nitrogen and oxygen atoms in total. The Bertz CT molecular complexity index is 379. The van der Waals surface area contributed by atoms with Crippen LogP contribution in [0.4, 0.5) is 0 Å². The lowest BCUT2D eigenvalue weighted by Crippen LogP contribution is -2.01. The lowest BCUT2D eigenvalue weighted by molar-refractivity contribution is -0.141. The number of rotatable bonds is 22. The average molecular weight is 425 g/mol. The maximum Gasteiger partial charge on any atom is 0.310 e. The fraction of sp³-hybridized carbons (Fsp3) is 0.846. The molecule has 0 saturated carbocycles. The van der Waals surface area contributed by atoms with Crippen LogP contribution in [0.5, 0.6) is 0 Å². The maximum atomic E-state index is 11.6. The van der Waals surface area contributed by atoms with E-state index in [1.165, 1.54) is 102 Å². The lowest BCUT2D eigenvalue weighted by atomic mass is 10.1. The smallest absolute Gasteiger partial charge is 0.310 e. The van der Waals surface area contributed by atoms with E-state index in [2.05, 4.69) is 13.8 Å². The van der Waals surface area contributed by atoms with Gasteiger partial charge in [0.05, 0.1) is 0 Å². The predicted octanol–water partition coefficient (Wildman–Crippen LogP) is 8.39. The highest BCUT2D eigenvalue weighted by Gasteiger charge is 2.03. The molecule has 0 bridgehead atoms. The standard InChI is InChI=1S/C26H48O4/c1-3-5-7-9-11-13-15-17-19-21-25(27)29-23-24-30-26(28)22-20-18-16-14-12-10-8-6-4-2/h23-24H,3-22H2,1-2H3/b24-23+. The summed E-state index contributed by atoms with van der Waals surface area (Å²) in [6.45, 7) is 4.47. The molecule has 0 aliphatic rings. The summed E-state index contributed by atoms with van der Waals surface area (Å²) in [7, 11) is 0. The quantitative estimate of drug-likeness (QED) is 0.0994. The van der Waals surface area contributed by atoms with Gasteiger partial charge in [0.15, 0.2) is 0 Å². The molecule has 0 aromatic carbocycles. The van der Waals surface area contributed by atoms with Crippen LogP contribution in [-0.4, -0.2) is 11.9 Å². The minimum absolute atomic E-state index is 0.260. The number of esters is 2. The fourth-order valence-corrected chi connectivity index (χ4v) is 3.49. The van der Waals surface area contributed by atoms with Crippen molar-refractivity contribution in [2.75, 3.05) is 0 Å². The summed E-state index contributed by atoms with van der Waals surface area (Å²) in [5, 5.41) is 0. The molecule has 30 heavy (non-hydrogen) atoms. The summed E-state index contributed by atoms with van der Waals surface area (Å²) in [5.41, 5.74) is 0. The van der Waals surface area contributed by atoms with Gasteiger partial charge in [0.25, 0.3) is 0 Å². The molecule has 0 aromatic heterocycles. The second-order valence-corrected chi connectivity index (χ2v) is 8.41. The molecule has 0 aliphatic carbocycles. The molecule has 0 radical (unpaired) electrons. The first-order valence-electron chi connectivity index (χ1n) is 12.7. The third-order valence-corrected chi connectivity index (χ3v) is 5.42. The topological polar surface area (TPSA) is 52.6 Å². The van der Waals surface area contributed by atoms with Crippen molar-refractivity contribution in [1.82, 2.24) is 0 Å². The highest BCUT2D eigenvalue weighted by Crippen LogP contribution is 2.12. The van der Waals surface area contributed by atoms with Gasteiger partial charge >= 0.3 is 11.9 Å². The summed E-state index contributed by atoms with van der Waals surface area (Å²) in [6.07, 6.45) is 25.2. The van der Waals surface area contributed by atoms with Gasteiger partial charge in [-0.1, -0.05) is 117 Å². The minimum Gasteiger partial charge on any atom is -0.431 e. The zero-order chi connectivity index (χ0) is 22.1. The van der Waals surface area contributed by atoms with E-state index < -0.39 is 0 Å². The van der Waals surface area contributed by atoms with Crippen LogP contribution in [0.25, 0.3) is 0 Å². The molecule has 0 N–H and O–H groups in total. The summed E-state index contributed by atoms with van der Waals surface area (Å²) in [4.78, 5) is 23.3. The van der Waals surface area contributed by atoms with E-state index in [1.807, 2.05) is 0 Å². The first-order valence-corrected chi connectivity index (χ1v) is 12.7. The van der Waals surface area contributed by atoms with Crippen LogP contribution in [0.3, 0.4) is 0 Å². The molecule has 0 saturated heterocycles. The Balaban J connectivity index is 3.40. The lowest BCUT2D eigenvalue weighted by Gasteiger charge is -2.02. The second kappa shape index (κ2) is 24.0. The van der Waals surface area contributed by atoms with Gasteiger partial charge in [0.1, 0.15) is 12.5 Å². The van der Waals surface area contributed by atoms with Crippen molar-refractivity contribution in [1.29, 1.82) is 0 Å². The Labute approximate surface area is 186 Å². The molecular formula is C26H48O4. The van der Waals surface area contributed by atoms with E-state index in [-0.39, 0.29) is 11.9 Å². The SMILES string of the molecule is CCCCCCCCCCCC(=O)O/C=C/OC(=O)CCCCCCCCCCC. The number of ether oxygens (including phenoxy) is 2. The van der Waals surface area contributed by atoms with Crippen molar-refractivity contribution in [3.8, 4) is 0 Å². The largest absolute Gasteiger partial charge is 0.431 e. The molecule has 0 amide bonds. The molecule has 0 heterocycles. The molecule has 0 spiro atoms. The predicted molar refractivity (Wildman–Crippen MR) is 125 cm³/mol. The van der Waals surface area contributed by atoms with E-state index in [9.17, 15) is 9.59 Å². The van der Waals surface area contributed by atoms with Gasteiger partial charge in [0.2, 0.25) is 0 Å². The van der Waals surface area contributed by atoms with Crippen LogP contribution in [0.2, 0.25) is 0 Å². The second-order valence-electron chi connectivity index (χ2n) is 8.41. The minimum atomic E-state index is -0.260. The molecule has 0 aliphatic heterocycles. The molecule has 0 unspecified atom stereocenters. The van der Waals surface area contributed by atoms with Gasteiger partial charge < -0.3 is 9.47 Å².